The summed E-state index contributed by atoms with van der Waals surface area (Å²) >= 11 is 0. The van der Waals surface area contributed by atoms with Crippen LogP contribution in [0.15, 0.2) is 24.3 Å². The van der Waals surface area contributed by atoms with Gasteiger partial charge in [0.2, 0.25) is 10.0 Å². The Kier molecular flexibility index (Phi) is 5.07. The minimum Gasteiger partial charge on any atom is -0.302 e. The molecular formula is C16H26N2O2S. The monoisotopic (exact) mass is 310 g/mol. The first-order chi connectivity index (χ1) is 9.83. The van der Waals surface area contributed by atoms with Gasteiger partial charge >= 0.3 is 0 Å². The molecule has 21 heavy (non-hydrogen) atoms. The minimum atomic E-state index is -3.28. The molecule has 0 amide bonds. The summed E-state index contributed by atoms with van der Waals surface area (Å²) < 4.78 is 27.4. The summed E-state index contributed by atoms with van der Waals surface area (Å²) in [5, 5.41) is 0. The third kappa shape index (κ3) is 4.28. The number of nitrogens with zero attached hydrogens (tertiary/aromatic N) is 1. The van der Waals surface area contributed by atoms with Gasteiger partial charge in [0.1, 0.15) is 0 Å². The van der Waals surface area contributed by atoms with E-state index in [2.05, 4.69) is 9.62 Å². The average molecular weight is 310 g/mol. The van der Waals surface area contributed by atoms with E-state index in [-0.39, 0.29) is 11.3 Å². The van der Waals surface area contributed by atoms with Gasteiger partial charge in [-0.2, -0.15) is 0 Å². The molecule has 1 N–H and O–H groups in total. The van der Waals surface area contributed by atoms with E-state index in [9.17, 15) is 8.42 Å². The van der Waals surface area contributed by atoms with Crippen LogP contribution in [0.2, 0.25) is 0 Å². The van der Waals surface area contributed by atoms with Crippen LogP contribution in [0.4, 0.5) is 0 Å². The molecule has 0 radical (unpaired) electrons. The van der Waals surface area contributed by atoms with E-state index in [1.165, 1.54) is 12.8 Å². The minimum absolute atomic E-state index is 0.0135. The second-order valence-corrected chi connectivity index (χ2v) is 8.20. The zero-order valence-corrected chi connectivity index (χ0v) is 14.0. The molecule has 0 aromatic heterocycles. The van der Waals surface area contributed by atoms with E-state index >= 15 is 0 Å². The van der Waals surface area contributed by atoms with Crippen LogP contribution in [-0.4, -0.2) is 39.5 Å². The fourth-order valence-corrected chi connectivity index (χ4v) is 4.24. The molecule has 1 aliphatic rings. The summed E-state index contributed by atoms with van der Waals surface area (Å²) in [5.74, 6) is 0.0524. The topological polar surface area (TPSA) is 49.4 Å². The van der Waals surface area contributed by atoms with Crippen molar-refractivity contribution in [2.45, 2.75) is 43.9 Å². The molecule has 1 fully saturated rings. The molecule has 0 unspecified atom stereocenters. The number of benzene rings is 1. The van der Waals surface area contributed by atoms with Crippen molar-refractivity contribution >= 4 is 10.0 Å². The molecular weight excluding hydrogens is 284 g/mol. The lowest BCUT2D eigenvalue weighted by atomic mass is 9.97. The van der Waals surface area contributed by atoms with Gasteiger partial charge in [0.25, 0.3) is 0 Å². The zero-order chi connectivity index (χ0) is 15.5. The molecule has 1 aromatic rings. The van der Waals surface area contributed by atoms with Gasteiger partial charge in [0.15, 0.2) is 0 Å². The largest absolute Gasteiger partial charge is 0.302 e. The number of likely N-dealkylation sites (N-methyl/N-ethyl adjacent to an activating group) is 1. The summed E-state index contributed by atoms with van der Waals surface area (Å²) in [6.07, 6.45) is 4.48. The maximum atomic E-state index is 12.3. The molecule has 0 spiro atoms. The number of aryl methyl sites for hydroxylation is 1. The Morgan fingerprint density at radius 3 is 2.24 bits per heavy atom. The van der Waals surface area contributed by atoms with E-state index in [0.29, 0.717) is 6.54 Å². The van der Waals surface area contributed by atoms with Gasteiger partial charge < -0.3 is 4.90 Å². The van der Waals surface area contributed by atoms with Gasteiger partial charge in [0.05, 0.1) is 5.75 Å². The summed E-state index contributed by atoms with van der Waals surface area (Å²) in [6.45, 7) is 2.51. The van der Waals surface area contributed by atoms with Crippen molar-refractivity contribution in [3.63, 3.8) is 0 Å². The van der Waals surface area contributed by atoms with E-state index in [0.717, 1.165) is 24.0 Å². The van der Waals surface area contributed by atoms with Crippen LogP contribution in [0.1, 0.15) is 36.8 Å². The van der Waals surface area contributed by atoms with Crippen molar-refractivity contribution in [1.29, 1.82) is 0 Å². The number of nitrogens with one attached hydrogen (secondary N) is 1. The van der Waals surface area contributed by atoms with Gasteiger partial charge in [-0.25, -0.2) is 13.1 Å². The predicted molar refractivity (Wildman–Crippen MR) is 86.7 cm³/mol. The van der Waals surface area contributed by atoms with Gasteiger partial charge in [-0.15, -0.1) is 0 Å². The van der Waals surface area contributed by atoms with Gasteiger partial charge in [-0.3, -0.25) is 0 Å². The Hall–Kier alpha value is -0.910. The maximum Gasteiger partial charge on any atom is 0.215 e. The van der Waals surface area contributed by atoms with Crippen LogP contribution in [0.25, 0.3) is 0 Å². The highest BCUT2D eigenvalue weighted by molar-refractivity contribution is 7.88. The quantitative estimate of drug-likeness (QED) is 0.877. The Labute approximate surface area is 128 Å². The van der Waals surface area contributed by atoms with Crippen LogP contribution >= 0.6 is 0 Å². The molecule has 4 nitrogen and oxygen atoms in total. The van der Waals surface area contributed by atoms with Crippen molar-refractivity contribution in [3.05, 3.63) is 35.4 Å². The molecule has 118 valence electrons. The van der Waals surface area contributed by atoms with E-state index in [4.69, 9.17) is 0 Å². The van der Waals surface area contributed by atoms with Crippen molar-refractivity contribution < 1.29 is 8.42 Å². The van der Waals surface area contributed by atoms with Crippen molar-refractivity contribution in [1.82, 2.24) is 9.62 Å². The molecule has 5 heteroatoms. The second-order valence-electron chi connectivity index (χ2n) is 6.39. The molecule has 0 saturated heterocycles. The third-order valence-electron chi connectivity index (χ3n) is 4.58. The standard InChI is InChI=1S/C16H26N2O2S/c1-14-6-8-15(9-7-14)12-21(19,20)17-13-16(18(2)3)10-4-5-11-16/h6-9,17H,4-5,10-13H2,1-3H3. The first-order valence-electron chi connectivity index (χ1n) is 7.53. The first kappa shape index (κ1) is 16.5. The number of hydrogen-bond acceptors (Lipinski definition) is 3. The van der Waals surface area contributed by atoms with Crippen molar-refractivity contribution in [2.75, 3.05) is 20.6 Å². The fourth-order valence-electron chi connectivity index (χ4n) is 3.01. The Morgan fingerprint density at radius 1 is 1.14 bits per heavy atom. The van der Waals surface area contributed by atoms with Gasteiger partial charge in [-0.05, 0) is 39.4 Å². The Balaban J connectivity index is 1.99. The summed E-state index contributed by atoms with van der Waals surface area (Å²) in [5.41, 5.74) is 1.96. The fraction of sp³-hybridized carbons (Fsp3) is 0.625. The summed E-state index contributed by atoms with van der Waals surface area (Å²) in [4.78, 5) is 2.17. The lowest BCUT2D eigenvalue weighted by Crippen LogP contribution is -2.50. The highest BCUT2D eigenvalue weighted by atomic mass is 32.2. The number of hydrogen-bond donors (Lipinski definition) is 1. The first-order valence-corrected chi connectivity index (χ1v) is 9.19. The number of sulfonamides is 1. The van der Waals surface area contributed by atoms with Crippen molar-refractivity contribution in [3.8, 4) is 0 Å². The number of rotatable bonds is 6. The van der Waals surface area contributed by atoms with Crippen molar-refractivity contribution in [2.24, 2.45) is 0 Å². The molecule has 0 heterocycles. The predicted octanol–water partition coefficient (Wildman–Crippen LogP) is 2.29. The Morgan fingerprint density at radius 2 is 1.71 bits per heavy atom. The highest BCUT2D eigenvalue weighted by Crippen LogP contribution is 2.33. The van der Waals surface area contributed by atoms with Crippen LogP contribution in [0.5, 0.6) is 0 Å². The SMILES string of the molecule is Cc1ccc(CS(=O)(=O)NCC2(N(C)C)CCCC2)cc1. The van der Waals surface area contributed by atoms with Gasteiger partial charge in [-0.1, -0.05) is 42.7 Å². The normalized spacial score (nSPS) is 18.3. The summed E-state index contributed by atoms with van der Waals surface area (Å²) in [6, 6.07) is 7.66. The van der Waals surface area contributed by atoms with E-state index in [1.54, 1.807) is 0 Å². The van der Waals surface area contributed by atoms with Crippen LogP contribution in [0.3, 0.4) is 0 Å². The Bertz CT molecular complexity index is 558. The average Bonchev–Trinajstić information content (AvgIpc) is 2.89. The summed E-state index contributed by atoms with van der Waals surface area (Å²) in [7, 11) is 0.799. The molecule has 0 bridgehead atoms. The highest BCUT2D eigenvalue weighted by Gasteiger charge is 2.36. The van der Waals surface area contributed by atoms with E-state index in [1.807, 2.05) is 45.3 Å². The molecule has 0 aliphatic heterocycles. The molecule has 1 aliphatic carbocycles. The molecule has 1 saturated carbocycles. The lowest BCUT2D eigenvalue weighted by Gasteiger charge is -2.36. The lowest BCUT2D eigenvalue weighted by molar-refractivity contribution is 0.162. The molecule has 2 rings (SSSR count). The molecule has 0 atom stereocenters. The third-order valence-corrected chi connectivity index (χ3v) is 5.88. The smallest absolute Gasteiger partial charge is 0.215 e. The van der Waals surface area contributed by atoms with Crippen LogP contribution in [0, 0.1) is 6.92 Å². The molecule has 1 aromatic carbocycles. The van der Waals surface area contributed by atoms with Gasteiger partial charge in [0, 0.05) is 12.1 Å². The van der Waals surface area contributed by atoms with E-state index < -0.39 is 10.0 Å². The van der Waals surface area contributed by atoms with Crippen LogP contribution < -0.4 is 4.72 Å². The van der Waals surface area contributed by atoms with Crippen LogP contribution in [-0.2, 0) is 15.8 Å². The second kappa shape index (κ2) is 6.46. The zero-order valence-electron chi connectivity index (χ0n) is 13.2. The maximum absolute atomic E-state index is 12.3.